The van der Waals surface area contributed by atoms with E-state index in [9.17, 15) is 4.79 Å². The monoisotopic (exact) mass is 374 g/mol. The van der Waals surface area contributed by atoms with E-state index in [1.807, 2.05) is 30.3 Å². The Kier molecular flexibility index (Phi) is 5.43. The van der Waals surface area contributed by atoms with Gasteiger partial charge in [-0.3, -0.25) is 9.69 Å². The highest BCUT2D eigenvalue weighted by Crippen LogP contribution is 2.18. The Hall–Kier alpha value is -1.69. The summed E-state index contributed by atoms with van der Waals surface area (Å²) in [6, 6.07) is 15.4. The molecule has 1 amide bonds. The van der Waals surface area contributed by atoms with Gasteiger partial charge < -0.3 is 10.1 Å². The SMILES string of the molecule is O=C(Nc1ccc(CN2CCOCC2)cc1)c1ccccc1Br. The summed E-state index contributed by atoms with van der Waals surface area (Å²) in [6.07, 6.45) is 0. The lowest BCUT2D eigenvalue weighted by molar-refractivity contribution is 0.0342. The van der Waals surface area contributed by atoms with Crippen molar-refractivity contribution in [1.29, 1.82) is 0 Å². The third-order valence-electron chi connectivity index (χ3n) is 3.84. The molecule has 0 spiro atoms. The van der Waals surface area contributed by atoms with Crippen molar-refractivity contribution in [2.75, 3.05) is 31.6 Å². The number of benzene rings is 2. The smallest absolute Gasteiger partial charge is 0.256 e. The Labute approximate surface area is 144 Å². The first-order valence-electron chi connectivity index (χ1n) is 7.67. The third-order valence-corrected chi connectivity index (χ3v) is 4.53. The number of hydrogen-bond acceptors (Lipinski definition) is 3. The number of morpholine rings is 1. The number of hydrogen-bond donors (Lipinski definition) is 1. The first-order chi connectivity index (χ1) is 11.2. The second-order valence-electron chi connectivity index (χ2n) is 5.52. The maximum absolute atomic E-state index is 12.3. The van der Waals surface area contributed by atoms with E-state index in [-0.39, 0.29) is 5.91 Å². The molecule has 2 aromatic carbocycles. The van der Waals surface area contributed by atoms with Gasteiger partial charge in [0.2, 0.25) is 0 Å². The van der Waals surface area contributed by atoms with Gasteiger partial charge in [0.25, 0.3) is 5.91 Å². The number of ether oxygens (including phenoxy) is 1. The van der Waals surface area contributed by atoms with Crippen molar-refractivity contribution in [2.45, 2.75) is 6.54 Å². The number of halogens is 1. The van der Waals surface area contributed by atoms with Gasteiger partial charge in [0.05, 0.1) is 18.8 Å². The Morgan fingerprint density at radius 3 is 2.48 bits per heavy atom. The Bertz CT molecular complexity index is 667. The minimum Gasteiger partial charge on any atom is -0.379 e. The van der Waals surface area contributed by atoms with Crippen LogP contribution in [-0.4, -0.2) is 37.1 Å². The summed E-state index contributed by atoms with van der Waals surface area (Å²) >= 11 is 3.40. The van der Waals surface area contributed by atoms with Crippen molar-refractivity contribution in [1.82, 2.24) is 4.90 Å². The Morgan fingerprint density at radius 2 is 1.78 bits per heavy atom. The molecule has 1 aliphatic rings. The van der Waals surface area contributed by atoms with Crippen LogP contribution in [0.25, 0.3) is 0 Å². The van der Waals surface area contributed by atoms with Crippen molar-refractivity contribution >= 4 is 27.5 Å². The lowest BCUT2D eigenvalue weighted by Crippen LogP contribution is -2.35. The van der Waals surface area contributed by atoms with Gasteiger partial charge in [-0.2, -0.15) is 0 Å². The molecule has 1 N–H and O–H groups in total. The zero-order valence-electron chi connectivity index (χ0n) is 12.8. The van der Waals surface area contributed by atoms with Crippen molar-refractivity contribution in [3.63, 3.8) is 0 Å². The molecule has 0 bridgehead atoms. The topological polar surface area (TPSA) is 41.6 Å². The van der Waals surface area contributed by atoms with Crippen LogP contribution in [0.15, 0.2) is 53.0 Å². The number of amides is 1. The lowest BCUT2D eigenvalue weighted by atomic mass is 10.1. The molecule has 1 fully saturated rings. The van der Waals surface area contributed by atoms with Crippen molar-refractivity contribution in [3.05, 3.63) is 64.1 Å². The molecule has 0 atom stereocenters. The predicted molar refractivity (Wildman–Crippen MR) is 94.6 cm³/mol. The standard InChI is InChI=1S/C18H19BrN2O2/c19-17-4-2-1-3-16(17)18(22)20-15-7-5-14(6-8-15)13-21-9-11-23-12-10-21/h1-8H,9-13H2,(H,20,22). The van der Waals surface area contributed by atoms with Crippen LogP contribution in [0.5, 0.6) is 0 Å². The van der Waals surface area contributed by atoms with E-state index in [0.29, 0.717) is 5.56 Å². The molecule has 5 heteroatoms. The zero-order chi connectivity index (χ0) is 16.1. The van der Waals surface area contributed by atoms with E-state index in [1.54, 1.807) is 6.07 Å². The predicted octanol–water partition coefficient (Wildman–Crippen LogP) is 3.53. The molecule has 2 aromatic rings. The first kappa shape index (κ1) is 16.2. The summed E-state index contributed by atoms with van der Waals surface area (Å²) in [4.78, 5) is 14.6. The number of anilines is 1. The van der Waals surface area contributed by atoms with Gasteiger partial charge in [-0.05, 0) is 45.8 Å². The van der Waals surface area contributed by atoms with E-state index in [0.717, 1.165) is 43.0 Å². The van der Waals surface area contributed by atoms with Crippen LogP contribution in [0.1, 0.15) is 15.9 Å². The van der Waals surface area contributed by atoms with Gasteiger partial charge in [-0.1, -0.05) is 24.3 Å². The van der Waals surface area contributed by atoms with Crippen LogP contribution in [0, 0.1) is 0 Å². The lowest BCUT2D eigenvalue weighted by Gasteiger charge is -2.26. The molecule has 0 saturated carbocycles. The maximum Gasteiger partial charge on any atom is 0.256 e. The van der Waals surface area contributed by atoms with E-state index in [2.05, 4.69) is 38.3 Å². The maximum atomic E-state index is 12.3. The van der Waals surface area contributed by atoms with Crippen LogP contribution in [0.4, 0.5) is 5.69 Å². The fourth-order valence-electron chi connectivity index (χ4n) is 2.55. The minimum atomic E-state index is -0.113. The Morgan fingerprint density at radius 1 is 1.09 bits per heavy atom. The summed E-state index contributed by atoms with van der Waals surface area (Å²) < 4.78 is 6.15. The third kappa shape index (κ3) is 4.41. The van der Waals surface area contributed by atoms with Crippen LogP contribution in [0.3, 0.4) is 0 Å². The second-order valence-corrected chi connectivity index (χ2v) is 6.37. The number of carbonyl (C=O) groups excluding carboxylic acids is 1. The molecule has 1 saturated heterocycles. The second kappa shape index (κ2) is 7.73. The summed E-state index contributed by atoms with van der Waals surface area (Å²) in [5.41, 5.74) is 2.67. The van der Waals surface area contributed by atoms with Crippen molar-refractivity contribution in [2.24, 2.45) is 0 Å². The molecule has 4 nitrogen and oxygen atoms in total. The van der Waals surface area contributed by atoms with Crippen molar-refractivity contribution < 1.29 is 9.53 Å². The summed E-state index contributed by atoms with van der Waals surface area (Å²) in [5.74, 6) is -0.113. The van der Waals surface area contributed by atoms with Gasteiger partial charge in [-0.15, -0.1) is 0 Å². The van der Waals surface area contributed by atoms with Crippen LogP contribution in [-0.2, 0) is 11.3 Å². The zero-order valence-corrected chi connectivity index (χ0v) is 14.4. The highest BCUT2D eigenvalue weighted by molar-refractivity contribution is 9.10. The van der Waals surface area contributed by atoms with E-state index in [4.69, 9.17) is 4.74 Å². The fourth-order valence-corrected chi connectivity index (χ4v) is 3.02. The first-order valence-corrected chi connectivity index (χ1v) is 8.46. The van der Waals surface area contributed by atoms with E-state index in [1.165, 1.54) is 5.56 Å². The normalized spacial score (nSPS) is 15.3. The van der Waals surface area contributed by atoms with E-state index >= 15 is 0 Å². The molecule has 0 radical (unpaired) electrons. The summed E-state index contributed by atoms with van der Waals surface area (Å²) in [7, 11) is 0. The van der Waals surface area contributed by atoms with Crippen LogP contribution < -0.4 is 5.32 Å². The molecule has 120 valence electrons. The quantitative estimate of drug-likeness (QED) is 0.889. The molecule has 1 heterocycles. The van der Waals surface area contributed by atoms with Gasteiger partial charge in [-0.25, -0.2) is 0 Å². The number of nitrogens with one attached hydrogen (secondary N) is 1. The molecule has 3 rings (SSSR count). The molecule has 0 aliphatic carbocycles. The van der Waals surface area contributed by atoms with Gasteiger partial charge in [0.1, 0.15) is 0 Å². The average Bonchev–Trinajstić information content (AvgIpc) is 2.58. The van der Waals surface area contributed by atoms with Crippen LogP contribution in [0.2, 0.25) is 0 Å². The highest BCUT2D eigenvalue weighted by atomic mass is 79.9. The number of rotatable bonds is 4. The van der Waals surface area contributed by atoms with Gasteiger partial charge in [0, 0.05) is 29.8 Å². The van der Waals surface area contributed by atoms with Gasteiger partial charge in [0.15, 0.2) is 0 Å². The molecule has 23 heavy (non-hydrogen) atoms. The fraction of sp³-hybridized carbons (Fsp3) is 0.278. The molecule has 1 aliphatic heterocycles. The van der Waals surface area contributed by atoms with Crippen molar-refractivity contribution in [3.8, 4) is 0 Å². The van der Waals surface area contributed by atoms with E-state index < -0.39 is 0 Å². The van der Waals surface area contributed by atoms with Gasteiger partial charge >= 0.3 is 0 Å². The molecule has 0 unspecified atom stereocenters. The van der Waals surface area contributed by atoms with Crippen LogP contribution >= 0.6 is 15.9 Å². The number of nitrogens with zero attached hydrogens (tertiary/aromatic N) is 1. The Balaban J connectivity index is 1.61. The minimum absolute atomic E-state index is 0.113. The number of carbonyl (C=O) groups is 1. The molecular weight excluding hydrogens is 356 g/mol. The highest BCUT2D eigenvalue weighted by Gasteiger charge is 2.11. The largest absolute Gasteiger partial charge is 0.379 e. The summed E-state index contributed by atoms with van der Waals surface area (Å²) in [5, 5.41) is 2.93. The molecule has 0 aromatic heterocycles. The average molecular weight is 375 g/mol. The molecular formula is C18H19BrN2O2. The summed E-state index contributed by atoms with van der Waals surface area (Å²) in [6.45, 7) is 4.48.